The molecule has 1 saturated carbocycles. The minimum Gasteiger partial charge on any atom is -0.352 e. The smallest absolute Gasteiger partial charge is 0.243 e. The lowest BCUT2D eigenvalue weighted by molar-refractivity contribution is -0.130. The lowest BCUT2D eigenvalue weighted by atomic mass is 9.87. The van der Waals surface area contributed by atoms with Gasteiger partial charge >= 0.3 is 0 Å². The van der Waals surface area contributed by atoms with E-state index in [4.69, 9.17) is 0 Å². The summed E-state index contributed by atoms with van der Waals surface area (Å²) < 4.78 is 0. The maximum absolute atomic E-state index is 12.6. The Bertz CT molecular complexity index is 534. The zero-order valence-corrected chi connectivity index (χ0v) is 15.0. The topological polar surface area (TPSA) is 58.2 Å². The minimum atomic E-state index is -0.472. The van der Waals surface area contributed by atoms with Crippen molar-refractivity contribution in [3.8, 4) is 0 Å². The van der Waals surface area contributed by atoms with E-state index in [1.165, 1.54) is 0 Å². The summed E-state index contributed by atoms with van der Waals surface area (Å²) in [6, 6.07) is 9.39. The fourth-order valence-electron chi connectivity index (χ4n) is 3.24. The molecule has 1 aliphatic rings. The monoisotopic (exact) mass is 330 g/mol. The van der Waals surface area contributed by atoms with Gasteiger partial charge in [-0.2, -0.15) is 0 Å². The van der Waals surface area contributed by atoms with Gasteiger partial charge in [-0.05, 0) is 43.1 Å². The van der Waals surface area contributed by atoms with E-state index in [1.807, 2.05) is 44.2 Å². The number of carbonyl (C=O) groups excluding carboxylic acids is 2. The van der Waals surface area contributed by atoms with Crippen molar-refractivity contribution in [2.45, 2.75) is 65.0 Å². The average Bonchev–Trinajstić information content (AvgIpc) is 2.55. The van der Waals surface area contributed by atoms with Crippen LogP contribution in [-0.2, 0) is 16.0 Å². The number of benzene rings is 1. The molecule has 1 aromatic rings. The predicted molar refractivity (Wildman–Crippen MR) is 96.5 cm³/mol. The van der Waals surface area contributed by atoms with Crippen LogP contribution in [0.15, 0.2) is 30.3 Å². The van der Waals surface area contributed by atoms with Gasteiger partial charge in [-0.15, -0.1) is 0 Å². The predicted octanol–water partition coefficient (Wildman–Crippen LogP) is 3.06. The lowest BCUT2D eigenvalue weighted by Gasteiger charge is -2.29. The first kappa shape index (κ1) is 18.5. The van der Waals surface area contributed by atoms with E-state index in [0.29, 0.717) is 6.42 Å². The highest BCUT2D eigenvalue weighted by atomic mass is 16.2. The highest BCUT2D eigenvalue weighted by Gasteiger charge is 2.27. The Labute approximate surface area is 145 Å². The van der Waals surface area contributed by atoms with E-state index in [1.54, 1.807) is 0 Å². The largest absolute Gasteiger partial charge is 0.352 e. The Morgan fingerprint density at radius 2 is 1.71 bits per heavy atom. The highest BCUT2D eigenvalue weighted by molar-refractivity contribution is 5.88. The molecule has 0 heterocycles. The van der Waals surface area contributed by atoms with E-state index < -0.39 is 6.04 Å². The van der Waals surface area contributed by atoms with Gasteiger partial charge in [-0.25, -0.2) is 0 Å². The van der Waals surface area contributed by atoms with E-state index in [0.717, 1.165) is 37.2 Å². The first-order valence-corrected chi connectivity index (χ1v) is 9.09. The molecule has 1 fully saturated rings. The van der Waals surface area contributed by atoms with Crippen LogP contribution in [-0.4, -0.2) is 23.9 Å². The first-order chi connectivity index (χ1) is 11.5. The molecule has 0 radical (unpaired) electrons. The van der Waals surface area contributed by atoms with Gasteiger partial charge in [0.1, 0.15) is 6.04 Å². The van der Waals surface area contributed by atoms with Gasteiger partial charge in [0.15, 0.2) is 0 Å². The molecule has 4 heteroatoms. The van der Waals surface area contributed by atoms with E-state index >= 15 is 0 Å². The summed E-state index contributed by atoms with van der Waals surface area (Å²) in [5.41, 5.74) is 0.958. The van der Waals surface area contributed by atoms with Crippen LogP contribution >= 0.6 is 0 Å². The van der Waals surface area contributed by atoms with Crippen LogP contribution in [0.4, 0.5) is 0 Å². The second kappa shape index (κ2) is 8.86. The molecule has 0 spiro atoms. The van der Waals surface area contributed by atoms with Gasteiger partial charge in [-0.3, -0.25) is 9.59 Å². The van der Waals surface area contributed by atoms with Gasteiger partial charge in [0.25, 0.3) is 0 Å². The van der Waals surface area contributed by atoms with Crippen LogP contribution in [0, 0.1) is 11.8 Å². The third-order valence-electron chi connectivity index (χ3n) is 4.84. The molecule has 24 heavy (non-hydrogen) atoms. The second-order valence-corrected chi connectivity index (χ2v) is 7.42. The third-order valence-corrected chi connectivity index (χ3v) is 4.84. The Balaban J connectivity index is 1.88. The number of nitrogens with one attached hydrogen (secondary N) is 2. The maximum Gasteiger partial charge on any atom is 0.243 e. The molecule has 4 nitrogen and oxygen atoms in total. The van der Waals surface area contributed by atoms with Crippen LogP contribution in [0.25, 0.3) is 0 Å². The number of amides is 2. The van der Waals surface area contributed by atoms with Crippen molar-refractivity contribution >= 4 is 11.8 Å². The van der Waals surface area contributed by atoms with Crippen LogP contribution in [0.3, 0.4) is 0 Å². The second-order valence-electron chi connectivity index (χ2n) is 7.42. The van der Waals surface area contributed by atoms with Gasteiger partial charge in [0.2, 0.25) is 11.8 Å². The molecule has 0 aliphatic heterocycles. The van der Waals surface area contributed by atoms with Gasteiger partial charge in [0, 0.05) is 6.04 Å². The van der Waals surface area contributed by atoms with Crippen molar-refractivity contribution in [2.75, 3.05) is 0 Å². The fourth-order valence-corrected chi connectivity index (χ4v) is 3.24. The normalized spacial score (nSPS) is 22.0. The molecule has 1 unspecified atom stereocenters. The van der Waals surface area contributed by atoms with E-state index in [9.17, 15) is 9.59 Å². The Morgan fingerprint density at radius 1 is 1.08 bits per heavy atom. The molecule has 2 rings (SSSR count). The molecule has 1 atom stereocenters. The number of carbonyl (C=O) groups is 2. The van der Waals surface area contributed by atoms with Crippen molar-refractivity contribution in [1.82, 2.24) is 10.6 Å². The summed E-state index contributed by atoms with van der Waals surface area (Å²) >= 11 is 0. The van der Waals surface area contributed by atoms with Crippen molar-refractivity contribution in [2.24, 2.45) is 11.8 Å². The molecule has 0 bridgehead atoms. The SMILES string of the molecule is CC1CCC(NC(=O)C(NC(=O)Cc2ccccc2)C(C)C)CC1. The molecular weight excluding hydrogens is 300 g/mol. The zero-order chi connectivity index (χ0) is 17.5. The average molecular weight is 330 g/mol. The minimum absolute atomic E-state index is 0.0500. The summed E-state index contributed by atoms with van der Waals surface area (Å²) in [4.78, 5) is 24.9. The van der Waals surface area contributed by atoms with Crippen LogP contribution in [0.5, 0.6) is 0 Å². The van der Waals surface area contributed by atoms with Crippen molar-refractivity contribution in [3.05, 3.63) is 35.9 Å². The molecule has 1 aliphatic carbocycles. The summed E-state index contributed by atoms with van der Waals surface area (Å²) in [6.07, 6.45) is 4.71. The first-order valence-electron chi connectivity index (χ1n) is 9.09. The van der Waals surface area contributed by atoms with Crippen molar-refractivity contribution in [3.63, 3.8) is 0 Å². The quantitative estimate of drug-likeness (QED) is 0.842. The zero-order valence-electron chi connectivity index (χ0n) is 15.0. The molecular formula is C20H30N2O2. The van der Waals surface area contributed by atoms with Crippen molar-refractivity contribution in [1.29, 1.82) is 0 Å². The number of hydrogen-bond acceptors (Lipinski definition) is 2. The van der Waals surface area contributed by atoms with Crippen LogP contribution < -0.4 is 10.6 Å². The van der Waals surface area contributed by atoms with Gasteiger partial charge in [-0.1, -0.05) is 51.1 Å². The number of hydrogen-bond donors (Lipinski definition) is 2. The van der Waals surface area contributed by atoms with Crippen LogP contribution in [0.1, 0.15) is 52.0 Å². The molecule has 2 N–H and O–H groups in total. The molecule has 2 amide bonds. The fraction of sp³-hybridized carbons (Fsp3) is 0.600. The standard InChI is InChI=1S/C20H30N2O2/c1-14(2)19(20(24)21-17-11-9-15(3)10-12-17)22-18(23)13-16-7-5-4-6-8-16/h4-8,14-15,17,19H,9-13H2,1-3H3,(H,21,24)(H,22,23). The van der Waals surface area contributed by atoms with Crippen LogP contribution in [0.2, 0.25) is 0 Å². The van der Waals surface area contributed by atoms with Crippen molar-refractivity contribution < 1.29 is 9.59 Å². The number of rotatable bonds is 6. The lowest BCUT2D eigenvalue weighted by Crippen LogP contribution is -2.52. The summed E-state index contributed by atoms with van der Waals surface area (Å²) in [6.45, 7) is 6.20. The summed E-state index contributed by atoms with van der Waals surface area (Å²) in [5.74, 6) is 0.662. The van der Waals surface area contributed by atoms with E-state index in [2.05, 4.69) is 17.6 Å². The maximum atomic E-state index is 12.6. The molecule has 132 valence electrons. The molecule has 1 aromatic carbocycles. The highest BCUT2D eigenvalue weighted by Crippen LogP contribution is 2.23. The Morgan fingerprint density at radius 3 is 2.29 bits per heavy atom. The third kappa shape index (κ3) is 5.66. The summed E-state index contributed by atoms with van der Waals surface area (Å²) in [7, 11) is 0. The Hall–Kier alpha value is -1.84. The Kier molecular flexibility index (Phi) is 6.83. The molecule has 0 saturated heterocycles. The van der Waals surface area contributed by atoms with Gasteiger partial charge < -0.3 is 10.6 Å². The van der Waals surface area contributed by atoms with E-state index in [-0.39, 0.29) is 23.8 Å². The molecule has 0 aromatic heterocycles. The van der Waals surface area contributed by atoms with Gasteiger partial charge in [0.05, 0.1) is 6.42 Å². The summed E-state index contributed by atoms with van der Waals surface area (Å²) in [5, 5.41) is 6.05.